The number of carbonyl (C=O) groups is 1. The van der Waals surface area contributed by atoms with Gasteiger partial charge in [-0.05, 0) is 35.8 Å². The number of esters is 1. The molecule has 1 aromatic carbocycles. The summed E-state index contributed by atoms with van der Waals surface area (Å²) in [5, 5.41) is 3.96. The van der Waals surface area contributed by atoms with E-state index in [0.717, 1.165) is 0 Å². The second-order valence-corrected chi connectivity index (χ2v) is 5.62. The minimum Gasteiger partial charge on any atom is -0.478 e. The number of hydrogen-bond acceptors (Lipinski definition) is 6. The molecule has 0 aromatic heterocycles. The Morgan fingerprint density at radius 2 is 2.30 bits per heavy atom. The fraction of sp³-hybridized carbons (Fsp3) is 0.467. The predicted octanol–water partition coefficient (Wildman–Crippen LogP) is 2.67. The summed E-state index contributed by atoms with van der Waals surface area (Å²) in [4.78, 5) is 16.6. The molecular weight excluding hydrogens is 373 g/mol. The molecule has 0 saturated carbocycles. The number of benzene rings is 1. The molecule has 0 aliphatic carbocycles. The highest BCUT2D eigenvalue weighted by Crippen LogP contribution is 2.30. The zero-order chi connectivity index (χ0) is 17.0. The first kappa shape index (κ1) is 17.7. The Morgan fingerprint density at radius 3 is 2.96 bits per heavy atom. The maximum absolute atomic E-state index is 13.9. The predicted molar refractivity (Wildman–Crippen MR) is 84.1 cm³/mol. The zero-order valence-electron chi connectivity index (χ0n) is 13.0. The molecule has 1 aliphatic heterocycles. The van der Waals surface area contributed by atoms with Crippen LogP contribution in [0.1, 0.15) is 19.4 Å². The molecule has 1 heterocycles. The van der Waals surface area contributed by atoms with Gasteiger partial charge in [0.15, 0.2) is 6.10 Å². The number of halogens is 2. The first-order valence-electron chi connectivity index (χ1n) is 7.03. The van der Waals surface area contributed by atoms with E-state index in [1.54, 1.807) is 0 Å². The molecule has 126 valence electrons. The first-order valence-corrected chi connectivity index (χ1v) is 7.82. The van der Waals surface area contributed by atoms with Gasteiger partial charge >= 0.3 is 5.97 Å². The lowest BCUT2D eigenvalue weighted by Gasteiger charge is -2.18. The first-order chi connectivity index (χ1) is 11.0. The third-order valence-corrected chi connectivity index (χ3v) is 3.80. The molecule has 0 N–H and O–H groups in total. The molecule has 0 radical (unpaired) electrons. The summed E-state index contributed by atoms with van der Waals surface area (Å²) >= 11 is 3.14. The molecule has 2 unspecified atom stereocenters. The van der Waals surface area contributed by atoms with Gasteiger partial charge in [0.2, 0.25) is 0 Å². The SMILES string of the molecule is CCOC1CON=C1c1cc(Br)c(F)cc1OC(C)C(=O)OC. The van der Waals surface area contributed by atoms with Crippen LogP contribution in [-0.4, -0.2) is 44.2 Å². The molecule has 0 amide bonds. The standard InChI is InChI=1S/C15H17BrFNO5/c1-4-21-13-7-22-18-14(13)9-5-10(16)11(17)6-12(9)23-8(2)15(19)20-3/h5-6,8,13H,4,7H2,1-3H3. The van der Waals surface area contributed by atoms with Crippen molar-refractivity contribution in [3.05, 3.63) is 28.0 Å². The van der Waals surface area contributed by atoms with E-state index in [0.29, 0.717) is 17.9 Å². The molecule has 6 nitrogen and oxygen atoms in total. The van der Waals surface area contributed by atoms with Crippen LogP contribution >= 0.6 is 15.9 Å². The fourth-order valence-electron chi connectivity index (χ4n) is 2.09. The maximum atomic E-state index is 13.9. The Morgan fingerprint density at radius 1 is 1.57 bits per heavy atom. The van der Waals surface area contributed by atoms with Crippen molar-refractivity contribution in [1.29, 1.82) is 0 Å². The largest absolute Gasteiger partial charge is 0.478 e. The van der Waals surface area contributed by atoms with Gasteiger partial charge < -0.3 is 19.0 Å². The quantitative estimate of drug-likeness (QED) is 0.699. The normalized spacial score (nSPS) is 18.1. The van der Waals surface area contributed by atoms with Gasteiger partial charge in [-0.15, -0.1) is 0 Å². The highest BCUT2D eigenvalue weighted by molar-refractivity contribution is 9.10. The molecule has 1 aromatic rings. The molecule has 0 saturated heterocycles. The van der Waals surface area contributed by atoms with Crippen molar-refractivity contribution in [3.8, 4) is 5.75 Å². The molecule has 0 fully saturated rings. The number of rotatable bonds is 6. The minimum atomic E-state index is -0.896. The van der Waals surface area contributed by atoms with E-state index in [1.807, 2.05) is 6.92 Å². The van der Waals surface area contributed by atoms with Crippen LogP contribution in [0.4, 0.5) is 4.39 Å². The van der Waals surface area contributed by atoms with E-state index < -0.39 is 17.9 Å². The van der Waals surface area contributed by atoms with Gasteiger partial charge in [-0.25, -0.2) is 9.18 Å². The molecule has 1 aliphatic rings. The summed E-state index contributed by atoms with van der Waals surface area (Å²) in [7, 11) is 1.26. The van der Waals surface area contributed by atoms with Crippen LogP contribution in [0.3, 0.4) is 0 Å². The number of oxime groups is 1. The van der Waals surface area contributed by atoms with E-state index in [1.165, 1.54) is 26.2 Å². The van der Waals surface area contributed by atoms with Crippen molar-refractivity contribution < 1.29 is 28.2 Å². The Hall–Kier alpha value is -1.67. The summed E-state index contributed by atoms with van der Waals surface area (Å²) in [5.74, 6) is -0.920. The summed E-state index contributed by atoms with van der Waals surface area (Å²) in [6.07, 6.45) is -1.28. The van der Waals surface area contributed by atoms with E-state index >= 15 is 0 Å². The van der Waals surface area contributed by atoms with E-state index in [-0.39, 0.29) is 22.9 Å². The van der Waals surface area contributed by atoms with E-state index in [4.69, 9.17) is 14.3 Å². The minimum absolute atomic E-state index is 0.164. The number of methoxy groups -OCH3 is 1. The number of nitrogens with zero attached hydrogens (tertiary/aromatic N) is 1. The topological polar surface area (TPSA) is 66.3 Å². The van der Waals surface area contributed by atoms with Crippen LogP contribution in [-0.2, 0) is 19.1 Å². The molecule has 0 spiro atoms. The second kappa shape index (κ2) is 7.74. The van der Waals surface area contributed by atoms with Crippen molar-refractivity contribution in [2.24, 2.45) is 5.16 Å². The van der Waals surface area contributed by atoms with E-state index in [9.17, 15) is 9.18 Å². The van der Waals surface area contributed by atoms with Crippen LogP contribution in [0.2, 0.25) is 0 Å². The summed E-state index contributed by atoms with van der Waals surface area (Å²) in [6, 6.07) is 2.71. The Bertz CT molecular complexity index is 622. The van der Waals surface area contributed by atoms with Crippen molar-refractivity contribution in [2.75, 3.05) is 20.3 Å². The van der Waals surface area contributed by atoms with Crippen LogP contribution < -0.4 is 4.74 Å². The van der Waals surface area contributed by atoms with Gasteiger partial charge in [-0.2, -0.15) is 0 Å². The van der Waals surface area contributed by atoms with Gasteiger partial charge in [0.05, 0.1) is 11.6 Å². The fourth-order valence-corrected chi connectivity index (χ4v) is 2.44. The van der Waals surface area contributed by atoms with Gasteiger partial charge in [0.25, 0.3) is 0 Å². The van der Waals surface area contributed by atoms with Gasteiger partial charge in [-0.1, -0.05) is 5.16 Å². The summed E-state index contributed by atoms with van der Waals surface area (Å²) < 4.78 is 29.8. The second-order valence-electron chi connectivity index (χ2n) is 4.76. The van der Waals surface area contributed by atoms with Crippen LogP contribution in [0, 0.1) is 5.82 Å². The van der Waals surface area contributed by atoms with Gasteiger partial charge in [0.1, 0.15) is 30.0 Å². The van der Waals surface area contributed by atoms with Crippen LogP contribution in [0.15, 0.2) is 21.8 Å². The van der Waals surface area contributed by atoms with Gasteiger partial charge in [0, 0.05) is 18.2 Å². The Balaban J connectivity index is 2.38. The molecule has 2 rings (SSSR count). The lowest BCUT2D eigenvalue weighted by Crippen LogP contribution is -2.28. The van der Waals surface area contributed by atoms with Crippen molar-refractivity contribution in [2.45, 2.75) is 26.1 Å². The van der Waals surface area contributed by atoms with Crippen molar-refractivity contribution >= 4 is 27.6 Å². The smallest absolute Gasteiger partial charge is 0.346 e. The molecule has 0 bridgehead atoms. The average molecular weight is 390 g/mol. The lowest BCUT2D eigenvalue weighted by atomic mass is 10.0. The Labute approximate surface area is 141 Å². The van der Waals surface area contributed by atoms with Gasteiger partial charge in [-0.3, -0.25) is 0 Å². The van der Waals surface area contributed by atoms with Crippen LogP contribution in [0.25, 0.3) is 0 Å². The highest BCUT2D eigenvalue weighted by Gasteiger charge is 2.29. The Kier molecular flexibility index (Phi) is 5.95. The monoisotopic (exact) mass is 389 g/mol. The summed E-state index contributed by atoms with van der Waals surface area (Å²) in [6.45, 7) is 4.12. The van der Waals surface area contributed by atoms with Crippen molar-refractivity contribution in [3.63, 3.8) is 0 Å². The van der Waals surface area contributed by atoms with Crippen molar-refractivity contribution in [1.82, 2.24) is 0 Å². The van der Waals surface area contributed by atoms with E-state index in [2.05, 4.69) is 25.8 Å². The molecule has 8 heteroatoms. The highest BCUT2D eigenvalue weighted by atomic mass is 79.9. The molecular formula is C15H17BrFNO5. The maximum Gasteiger partial charge on any atom is 0.346 e. The lowest BCUT2D eigenvalue weighted by molar-refractivity contribution is -0.147. The third-order valence-electron chi connectivity index (χ3n) is 3.20. The zero-order valence-corrected chi connectivity index (χ0v) is 14.6. The van der Waals surface area contributed by atoms with Crippen LogP contribution in [0.5, 0.6) is 5.75 Å². The number of ether oxygens (including phenoxy) is 3. The summed E-state index contributed by atoms with van der Waals surface area (Å²) in [5.41, 5.74) is 0.976. The number of carbonyl (C=O) groups excluding carboxylic acids is 1. The molecule has 2 atom stereocenters. The number of hydrogen-bond donors (Lipinski definition) is 0. The third kappa shape index (κ3) is 4.00. The molecule has 23 heavy (non-hydrogen) atoms. The average Bonchev–Trinajstić information content (AvgIpc) is 2.98.